The molecule has 1 unspecified atom stereocenters. The summed E-state index contributed by atoms with van der Waals surface area (Å²) in [5.74, 6) is -1.56. The SMILES string of the molecule is [2H]C([2H])([2H])C([2H])(C)Cc1cccc(-c2cc[n+](C)c(-c3c(C)ccc4c3oc3nc(C)ccc34)c2)c1. The van der Waals surface area contributed by atoms with Crippen molar-refractivity contribution in [2.75, 3.05) is 0 Å². The Hall–Kier alpha value is -3.46. The van der Waals surface area contributed by atoms with Crippen molar-refractivity contribution in [3.8, 4) is 22.4 Å². The van der Waals surface area contributed by atoms with Crippen LogP contribution >= 0.6 is 0 Å². The minimum Gasteiger partial charge on any atom is -0.437 e. The zero-order chi connectivity index (χ0) is 25.8. The van der Waals surface area contributed by atoms with Crippen LogP contribution in [0.3, 0.4) is 0 Å². The average Bonchev–Trinajstić information content (AvgIpc) is 3.16. The Kier molecular flexibility index (Phi) is 4.00. The van der Waals surface area contributed by atoms with Crippen LogP contribution in [-0.4, -0.2) is 4.98 Å². The molecule has 0 spiro atoms. The van der Waals surface area contributed by atoms with Gasteiger partial charge in [-0.2, -0.15) is 0 Å². The maximum absolute atomic E-state index is 8.34. The number of hydrogen-bond acceptors (Lipinski definition) is 2. The monoisotopic (exact) mass is 425 g/mol. The Morgan fingerprint density at radius 3 is 2.69 bits per heavy atom. The van der Waals surface area contributed by atoms with Gasteiger partial charge in [0.15, 0.2) is 11.8 Å². The normalized spacial score (nSPS) is 15.8. The summed E-state index contributed by atoms with van der Waals surface area (Å²) in [7, 11) is 2.01. The molecule has 0 aliphatic heterocycles. The van der Waals surface area contributed by atoms with Gasteiger partial charge >= 0.3 is 0 Å². The molecule has 3 heteroatoms. The van der Waals surface area contributed by atoms with Crippen LogP contribution in [0.25, 0.3) is 44.5 Å². The summed E-state index contributed by atoms with van der Waals surface area (Å²) in [6.45, 7) is 3.16. The van der Waals surface area contributed by atoms with Crippen LogP contribution in [-0.2, 0) is 13.5 Å². The molecule has 0 bridgehead atoms. The zero-order valence-electron chi connectivity index (χ0n) is 22.9. The van der Waals surface area contributed by atoms with Crippen LogP contribution in [0, 0.1) is 19.7 Å². The summed E-state index contributed by atoms with van der Waals surface area (Å²) in [6.07, 6.45) is 2.17. The lowest BCUT2D eigenvalue weighted by atomic mass is 9.96. The number of aryl methyl sites for hydroxylation is 3. The standard InChI is InChI=1S/C29H29N2O/c1-18(2)15-21-7-6-8-22(16-21)23-13-14-31(5)26(17-23)27-19(3)9-11-24-25-12-10-20(4)30-29(25)32-28(24)27/h6-14,16-18H,15H2,1-5H3/q+1/i1D3,18D. The van der Waals surface area contributed by atoms with Crippen molar-refractivity contribution in [2.45, 2.75) is 34.0 Å². The maximum Gasteiger partial charge on any atom is 0.227 e. The fourth-order valence-electron chi connectivity index (χ4n) is 4.39. The molecule has 32 heavy (non-hydrogen) atoms. The number of benzene rings is 2. The summed E-state index contributed by atoms with van der Waals surface area (Å²) in [5, 5.41) is 2.03. The van der Waals surface area contributed by atoms with E-state index in [-0.39, 0.29) is 6.42 Å². The highest BCUT2D eigenvalue weighted by Crippen LogP contribution is 2.37. The summed E-state index contributed by atoms with van der Waals surface area (Å²) in [5.41, 5.74) is 8.29. The summed E-state index contributed by atoms with van der Waals surface area (Å²) in [4.78, 5) is 4.59. The van der Waals surface area contributed by atoms with Gasteiger partial charge < -0.3 is 4.42 Å². The summed E-state index contributed by atoms with van der Waals surface area (Å²) >= 11 is 0. The topological polar surface area (TPSA) is 29.9 Å². The highest BCUT2D eigenvalue weighted by molar-refractivity contribution is 6.08. The number of pyridine rings is 2. The lowest BCUT2D eigenvalue weighted by Gasteiger charge is -2.10. The third-order valence-electron chi connectivity index (χ3n) is 5.99. The number of nitrogens with zero attached hydrogens (tertiary/aromatic N) is 2. The molecule has 3 nitrogen and oxygen atoms in total. The molecule has 0 fully saturated rings. The van der Waals surface area contributed by atoms with Crippen molar-refractivity contribution in [3.63, 3.8) is 0 Å². The minimum atomic E-state index is -2.35. The van der Waals surface area contributed by atoms with Crippen LogP contribution in [0.15, 0.2) is 71.3 Å². The first-order valence-electron chi connectivity index (χ1n) is 12.8. The van der Waals surface area contributed by atoms with Gasteiger partial charge in [-0.3, -0.25) is 0 Å². The second-order valence-electron chi connectivity index (χ2n) is 8.61. The molecule has 1 atom stereocenters. The predicted octanol–water partition coefficient (Wildman–Crippen LogP) is 6.95. The van der Waals surface area contributed by atoms with Gasteiger partial charge in [0, 0.05) is 34.1 Å². The zero-order valence-corrected chi connectivity index (χ0v) is 18.9. The first-order chi connectivity index (χ1) is 16.9. The number of furan rings is 1. The van der Waals surface area contributed by atoms with E-state index in [2.05, 4.69) is 40.7 Å². The van der Waals surface area contributed by atoms with Crippen molar-refractivity contribution >= 4 is 22.1 Å². The van der Waals surface area contributed by atoms with Gasteiger partial charge in [-0.05, 0) is 60.5 Å². The Labute approximate surface area is 195 Å². The minimum absolute atomic E-state index is 0.147. The first-order valence-corrected chi connectivity index (χ1v) is 10.8. The van der Waals surface area contributed by atoms with E-state index >= 15 is 0 Å². The van der Waals surface area contributed by atoms with E-state index in [9.17, 15) is 0 Å². The van der Waals surface area contributed by atoms with Gasteiger partial charge in [0.1, 0.15) is 7.05 Å². The third kappa shape index (κ3) is 3.58. The van der Waals surface area contributed by atoms with Crippen LogP contribution in [0.1, 0.15) is 36.1 Å². The van der Waals surface area contributed by atoms with Crippen molar-refractivity contribution < 1.29 is 14.5 Å². The smallest absolute Gasteiger partial charge is 0.227 e. The van der Waals surface area contributed by atoms with Gasteiger partial charge in [-0.1, -0.05) is 50.2 Å². The van der Waals surface area contributed by atoms with Gasteiger partial charge in [0.25, 0.3) is 0 Å². The van der Waals surface area contributed by atoms with Crippen LogP contribution in [0.2, 0.25) is 0 Å². The lowest BCUT2D eigenvalue weighted by molar-refractivity contribution is -0.660. The first kappa shape index (κ1) is 16.2. The molecule has 5 aromatic rings. The molecule has 5 rings (SSSR count). The fourth-order valence-corrected chi connectivity index (χ4v) is 4.39. The average molecular weight is 426 g/mol. The molecule has 0 aliphatic carbocycles. The van der Waals surface area contributed by atoms with E-state index in [4.69, 9.17) is 9.90 Å². The number of aromatic nitrogens is 2. The van der Waals surface area contributed by atoms with Crippen molar-refractivity contribution in [1.82, 2.24) is 4.98 Å². The van der Waals surface area contributed by atoms with Crippen molar-refractivity contribution in [2.24, 2.45) is 12.9 Å². The molecular weight excluding hydrogens is 392 g/mol. The maximum atomic E-state index is 8.34. The van der Waals surface area contributed by atoms with E-state index in [0.29, 0.717) is 5.71 Å². The molecule has 0 radical (unpaired) electrons. The number of rotatable bonds is 4. The van der Waals surface area contributed by atoms with Gasteiger partial charge in [0.05, 0.1) is 5.56 Å². The predicted molar refractivity (Wildman–Crippen MR) is 132 cm³/mol. The quantitative estimate of drug-likeness (QED) is 0.291. The molecule has 3 heterocycles. The summed E-state index contributed by atoms with van der Waals surface area (Å²) < 4.78 is 39.9. The Morgan fingerprint density at radius 2 is 1.84 bits per heavy atom. The molecule has 0 aliphatic rings. The molecule has 0 saturated heterocycles. The van der Waals surface area contributed by atoms with E-state index < -0.39 is 12.7 Å². The second-order valence-corrected chi connectivity index (χ2v) is 8.61. The van der Waals surface area contributed by atoms with Crippen molar-refractivity contribution in [1.29, 1.82) is 0 Å². The molecule has 0 amide bonds. The Bertz CT molecular complexity index is 1620. The lowest BCUT2D eigenvalue weighted by Crippen LogP contribution is -2.30. The van der Waals surface area contributed by atoms with Gasteiger partial charge in [0.2, 0.25) is 11.4 Å². The highest BCUT2D eigenvalue weighted by Gasteiger charge is 2.21. The second kappa shape index (κ2) is 7.90. The van der Waals surface area contributed by atoms with E-state index in [1.807, 2.05) is 56.6 Å². The largest absolute Gasteiger partial charge is 0.437 e. The van der Waals surface area contributed by atoms with Crippen LogP contribution in [0.5, 0.6) is 0 Å². The fraction of sp³-hybridized carbons (Fsp3) is 0.241. The number of hydrogen-bond donors (Lipinski definition) is 0. The van der Waals surface area contributed by atoms with Gasteiger partial charge in [-0.25, -0.2) is 9.55 Å². The molecule has 2 aromatic carbocycles. The van der Waals surface area contributed by atoms with E-state index in [1.54, 1.807) is 0 Å². The van der Waals surface area contributed by atoms with Crippen LogP contribution < -0.4 is 4.57 Å². The molecule has 0 N–H and O–H groups in total. The van der Waals surface area contributed by atoms with Crippen molar-refractivity contribution in [3.05, 3.63) is 83.7 Å². The van der Waals surface area contributed by atoms with Gasteiger partial charge in [-0.15, -0.1) is 0 Å². The molecule has 160 valence electrons. The Morgan fingerprint density at radius 1 is 1.03 bits per heavy atom. The highest BCUT2D eigenvalue weighted by atomic mass is 16.3. The Balaban J connectivity index is 1.63. The molecule has 0 saturated carbocycles. The van der Waals surface area contributed by atoms with Crippen LogP contribution in [0.4, 0.5) is 0 Å². The molecular formula is C29H29N2O+. The summed E-state index contributed by atoms with van der Waals surface area (Å²) in [6, 6.07) is 20.3. The number of fused-ring (bicyclic) bond motifs is 3. The third-order valence-corrected chi connectivity index (χ3v) is 5.99. The van der Waals surface area contributed by atoms with E-state index in [1.165, 1.54) is 6.92 Å². The van der Waals surface area contributed by atoms with E-state index in [0.717, 1.165) is 55.6 Å². The molecule has 3 aromatic heterocycles.